The Morgan fingerprint density at radius 3 is 2.71 bits per heavy atom. The molecule has 0 radical (unpaired) electrons. The Kier molecular flexibility index (Phi) is 4.66. The minimum atomic E-state index is 0.746. The highest BCUT2D eigenvalue weighted by molar-refractivity contribution is 7.84. The van der Waals surface area contributed by atoms with Crippen LogP contribution in [0.2, 0.25) is 0 Å². The van der Waals surface area contributed by atoms with Gasteiger partial charge in [-0.1, -0.05) is 32.3 Å². The van der Waals surface area contributed by atoms with Crippen LogP contribution in [0.3, 0.4) is 0 Å². The average molecular weight is 247 g/mol. The van der Waals surface area contributed by atoms with Gasteiger partial charge in [0, 0.05) is 6.20 Å². The average Bonchev–Trinajstić information content (AvgIpc) is 2.40. The zero-order valence-corrected chi connectivity index (χ0v) is 11.4. The second kappa shape index (κ2) is 6.25. The Labute approximate surface area is 110 Å². The smallest absolute Gasteiger partial charge is 0.0637 e. The van der Waals surface area contributed by atoms with Crippen molar-refractivity contribution in [2.24, 2.45) is 0 Å². The molecule has 0 N–H and O–H groups in total. The molecule has 1 fully saturated rings. The van der Waals surface area contributed by atoms with Gasteiger partial charge in [-0.2, -0.15) is 0 Å². The molecule has 92 valence electrons. The van der Waals surface area contributed by atoms with E-state index in [2.05, 4.69) is 42.9 Å². The molecular formula is C15H21NS. The van der Waals surface area contributed by atoms with Gasteiger partial charge < -0.3 is 0 Å². The molecule has 2 rings (SSSR count). The highest BCUT2D eigenvalue weighted by atomic mass is 32.1. The van der Waals surface area contributed by atoms with E-state index in [0.717, 1.165) is 22.9 Å². The molecule has 1 nitrogen and oxygen atoms in total. The SMILES string of the molecule is CC/C(S)=C/c1ccc(C2CCCCC2)cn1. The third-order valence-corrected chi connectivity index (χ3v) is 4.01. The van der Waals surface area contributed by atoms with E-state index in [1.54, 1.807) is 0 Å². The Morgan fingerprint density at radius 2 is 2.12 bits per heavy atom. The summed E-state index contributed by atoms with van der Waals surface area (Å²) in [5.41, 5.74) is 2.44. The summed E-state index contributed by atoms with van der Waals surface area (Å²) < 4.78 is 0. The van der Waals surface area contributed by atoms with Gasteiger partial charge in [-0.25, -0.2) is 0 Å². The Hall–Kier alpha value is -0.760. The second-order valence-electron chi connectivity index (χ2n) is 4.84. The number of hydrogen-bond donors (Lipinski definition) is 1. The third kappa shape index (κ3) is 3.60. The van der Waals surface area contributed by atoms with Crippen LogP contribution in [0.4, 0.5) is 0 Å². The van der Waals surface area contributed by atoms with Crippen molar-refractivity contribution in [3.8, 4) is 0 Å². The molecule has 1 aromatic heterocycles. The van der Waals surface area contributed by atoms with Crippen LogP contribution in [-0.4, -0.2) is 4.98 Å². The van der Waals surface area contributed by atoms with E-state index in [1.165, 1.54) is 37.7 Å². The number of allylic oxidation sites excluding steroid dienone is 1. The minimum absolute atomic E-state index is 0.746. The summed E-state index contributed by atoms with van der Waals surface area (Å²) in [4.78, 5) is 5.60. The maximum Gasteiger partial charge on any atom is 0.0637 e. The van der Waals surface area contributed by atoms with Crippen LogP contribution in [0.5, 0.6) is 0 Å². The predicted molar refractivity (Wildman–Crippen MR) is 77.3 cm³/mol. The fraction of sp³-hybridized carbons (Fsp3) is 0.533. The molecule has 2 heteroatoms. The van der Waals surface area contributed by atoms with Crippen LogP contribution in [0.15, 0.2) is 23.2 Å². The Balaban J connectivity index is 2.07. The topological polar surface area (TPSA) is 12.9 Å². The first-order valence-electron chi connectivity index (χ1n) is 6.65. The van der Waals surface area contributed by atoms with E-state index >= 15 is 0 Å². The maximum absolute atomic E-state index is 4.52. The monoisotopic (exact) mass is 247 g/mol. The van der Waals surface area contributed by atoms with Crippen LogP contribution in [0.1, 0.15) is 62.6 Å². The van der Waals surface area contributed by atoms with Crippen molar-refractivity contribution < 1.29 is 0 Å². The molecule has 0 aromatic carbocycles. The maximum atomic E-state index is 4.52. The zero-order chi connectivity index (χ0) is 12.1. The summed E-state index contributed by atoms with van der Waals surface area (Å²) in [5, 5.41) is 0. The van der Waals surface area contributed by atoms with Gasteiger partial charge in [0.15, 0.2) is 0 Å². The highest BCUT2D eigenvalue weighted by Crippen LogP contribution is 2.32. The van der Waals surface area contributed by atoms with Crippen molar-refractivity contribution in [3.63, 3.8) is 0 Å². The van der Waals surface area contributed by atoms with Gasteiger partial charge in [-0.15, -0.1) is 12.6 Å². The zero-order valence-electron chi connectivity index (χ0n) is 10.5. The van der Waals surface area contributed by atoms with Crippen molar-refractivity contribution in [2.45, 2.75) is 51.4 Å². The standard InChI is InChI=1S/C15H21NS/c1-2-15(17)10-14-9-8-13(11-16-14)12-6-4-3-5-7-12/h8-12,17H,2-7H2,1H3/b15-10-. The summed E-state index contributed by atoms with van der Waals surface area (Å²) in [7, 11) is 0. The number of nitrogens with zero attached hydrogens (tertiary/aromatic N) is 1. The van der Waals surface area contributed by atoms with Gasteiger partial charge >= 0.3 is 0 Å². The predicted octanol–water partition coefficient (Wildman–Crippen LogP) is 4.81. The molecule has 0 aliphatic heterocycles. The summed E-state index contributed by atoms with van der Waals surface area (Å²) in [6.07, 6.45) is 11.9. The molecular weight excluding hydrogens is 226 g/mol. The number of pyridine rings is 1. The van der Waals surface area contributed by atoms with Crippen molar-refractivity contribution in [3.05, 3.63) is 34.5 Å². The van der Waals surface area contributed by atoms with Crippen LogP contribution in [0.25, 0.3) is 6.08 Å². The number of thiol groups is 1. The van der Waals surface area contributed by atoms with Crippen LogP contribution < -0.4 is 0 Å². The Morgan fingerprint density at radius 1 is 1.35 bits per heavy atom. The number of hydrogen-bond acceptors (Lipinski definition) is 2. The first-order chi connectivity index (χ1) is 8.29. The first-order valence-corrected chi connectivity index (χ1v) is 7.10. The van der Waals surface area contributed by atoms with E-state index in [0.29, 0.717) is 0 Å². The van der Waals surface area contributed by atoms with Crippen molar-refractivity contribution >= 4 is 18.7 Å². The first kappa shape index (κ1) is 12.7. The van der Waals surface area contributed by atoms with Crippen molar-refractivity contribution in [1.82, 2.24) is 4.98 Å². The lowest BCUT2D eigenvalue weighted by Gasteiger charge is -2.21. The van der Waals surface area contributed by atoms with E-state index in [-0.39, 0.29) is 0 Å². The third-order valence-electron chi connectivity index (χ3n) is 3.56. The molecule has 1 saturated carbocycles. The van der Waals surface area contributed by atoms with Gasteiger partial charge in [-0.3, -0.25) is 4.98 Å². The second-order valence-corrected chi connectivity index (χ2v) is 5.41. The van der Waals surface area contributed by atoms with Gasteiger partial charge in [-0.05, 0) is 47.8 Å². The van der Waals surface area contributed by atoms with E-state index in [4.69, 9.17) is 0 Å². The largest absolute Gasteiger partial charge is 0.257 e. The fourth-order valence-corrected chi connectivity index (χ4v) is 2.58. The van der Waals surface area contributed by atoms with Gasteiger partial charge in [0.25, 0.3) is 0 Å². The highest BCUT2D eigenvalue weighted by Gasteiger charge is 2.15. The lowest BCUT2D eigenvalue weighted by Crippen LogP contribution is -2.04. The molecule has 1 aliphatic carbocycles. The van der Waals surface area contributed by atoms with Crippen LogP contribution >= 0.6 is 12.6 Å². The summed E-state index contributed by atoms with van der Waals surface area (Å²) in [5.74, 6) is 0.746. The lowest BCUT2D eigenvalue weighted by molar-refractivity contribution is 0.443. The molecule has 0 spiro atoms. The molecule has 0 saturated heterocycles. The molecule has 1 heterocycles. The Bertz CT molecular complexity index is 374. The molecule has 17 heavy (non-hydrogen) atoms. The molecule has 0 bridgehead atoms. The van der Waals surface area contributed by atoms with E-state index < -0.39 is 0 Å². The molecule has 1 aliphatic rings. The number of aromatic nitrogens is 1. The van der Waals surface area contributed by atoms with Crippen LogP contribution in [0, 0.1) is 0 Å². The normalized spacial score (nSPS) is 18.4. The van der Waals surface area contributed by atoms with Gasteiger partial charge in [0.2, 0.25) is 0 Å². The van der Waals surface area contributed by atoms with Gasteiger partial charge in [0.1, 0.15) is 0 Å². The van der Waals surface area contributed by atoms with E-state index in [9.17, 15) is 0 Å². The molecule has 0 unspecified atom stereocenters. The lowest BCUT2D eigenvalue weighted by atomic mass is 9.85. The fourth-order valence-electron chi connectivity index (χ4n) is 2.45. The van der Waals surface area contributed by atoms with Crippen LogP contribution in [-0.2, 0) is 0 Å². The molecule has 1 aromatic rings. The summed E-state index contributed by atoms with van der Waals surface area (Å²) >= 11 is 4.39. The summed E-state index contributed by atoms with van der Waals surface area (Å²) in [6, 6.07) is 4.36. The van der Waals surface area contributed by atoms with Crippen molar-refractivity contribution in [1.29, 1.82) is 0 Å². The molecule has 0 atom stereocenters. The van der Waals surface area contributed by atoms with E-state index in [1.807, 2.05) is 6.08 Å². The molecule has 0 amide bonds. The quantitative estimate of drug-likeness (QED) is 0.756. The minimum Gasteiger partial charge on any atom is -0.257 e. The van der Waals surface area contributed by atoms with Crippen molar-refractivity contribution in [2.75, 3.05) is 0 Å². The summed E-state index contributed by atoms with van der Waals surface area (Å²) in [6.45, 7) is 2.11. The number of rotatable bonds is 3. The van der Waals surface area contributed by atoms with Gasteiger partial charge in [0.05, 0.1) is 5.69 Å².